The Morgan fingerprint density at radius 3 is 2.51 bits per heavy atom. The molecule has 0 unspecified atom stereocenters. The van der Waals surface area contributed by atoms with E-state index in [2.05, 4.69) is 25.5 Å². The standard InChI is InChI=1S/C27H32N8O4/c1-4-28-27(37)30-19-7-5-18(6-8-19)23-31-22-16-35(26-29-17(2)15-21(32-26)25(36)38-3)10-9-20(22)24(33-23)34-11-13-39-14-12-34/h5-8,15H,4,9-14,16H2,1-3H3,(H2,28,30,37). The monoisotopic (exact) mass is 532 g/mol. The predicted molar refractivity (Wildman–Crippen MR) is 146 cm³/mol. The van der Waals surface area contributed by atoms with Gasteiger partial charge in [-0.05, 0) is 50.6 Å². The fourth-order valence-electron chi connectivity index (χ4n) is 4.69. The SMILES string of the molecule is CCNC(=O)Nc1ccc(-c2nc3c(c(N4CCOCC4)n2)CCN(c2nc(C)cc(C(=O)OC)n2)C3)cc1. The fourth-order valence-corrected chi connectivity index (χ4v) is 4.69. The number of anilines is 3. The maximum absolute atomic E-state index is 12.1. The van der Waals surface area contributed by atoms with Gasteiger partial charge in [0.2, 0.25) is 5.95 Å². The van der Waals surface area contributed by atoms with Crippen molar-refractivity contribution in [2.45, 2.75) is 26.8 Å². The highest BCUT2D eigenvalue weighted by molar-refractivity contribution is 5.89. The summed E-state index contributed by atoms with van der Waals surface area (Å²) in [6.07, 6.45) is 0.711. The van der Waals surface area contributed by atoms with Gasteiger partial charge >= 0.3 is 12.0 Å². The molecule has 39 heavy (non-hydrogen) atoms. The summed E-state index contributed by atoms with van der Waals surface area (Å²) in [6.45, 7) is 8.19. The number of morpholine rings is 1. The van der Waals surface area contributed by atoms with Crippen LogP contribution in [0.5, 0.6) is 0 Å². The Labute approximate surface area is 226 Å². The van der Waals surface area contributed by atoms with Gasteiger partial charge in [0.25, 0.3) is 0 Å². The van der Waals surface area contributed by atoms with Crippen LogP contribution >= 0.6 is 0 Å². The molecule has 204 valence electrons. The van der Waals surface area contributed by atoms with Gasteiger partial charge in [0.15, 0.2) is 11.5 Å². The lowest BCUT2D eigenvalue weighted by Crippen LogP contribution is -2.40. The number of aromatic nitrogens is 4. The zero-order valence-corrected chi connectivity index (χ0v) is 22.4. The number of benzene rings is 1. The smallest absolute Gasteiger partial charge is 0.356 e. The molecular formula is C27H32N8O4. The van der Waals surface area contributed by atoms with E-state index in [1.807, 2.05) is 43.0 Å². The molecule has 2 N–H and O–H groups in total. The summed E-state index contributed by atoms with van der Waals surface area (Å²) < 4.78 is 10.4. The minimum atomic E-state index is -0.497. The van der Waals surface area contributed by atoms with Crippen molar-refractivity contribution in [2.75, 3.05) is 61.6 Å². The molecule has 2 aromatic heterocycles. The Morgan fingerprint density at radius 1 is 1.03 bits per heavy atom. The molecule has 2 aliphatic heterocycles. The number of fused-ring (bicyclic) bond motifs is 1. The molecule has 3 aromatic rings. The first-order valence-electron chi connectivity index (χ1n) is 13.0. The van der Waals surface area contributed by atoms with Crippen LogP contribution in [0.15, 0.2) is 30.3 Å². The first-order valence-corrected chi connectivity index (χ1v) is 13.0. The van der Waals surface area contributed by atoms with Gasteiger partial charge in [0.1, 0.15) is 5.82 Å². The van der Waals surface area contributed by atoms with E-state index in [-0.39, 0.29) is 11.7 Å². The lowest BCUT2D eigenvalue weighted by molar-refractivity contribution is 0.0593. The van der Waals surface area contributed by atoms with Crippen molar-refractivity contribution in [1.29, 1.82) is 0 Å². The molecule has 2 aliphatic rings. The first kappa shape index (κ1) is 26.3. The highest BCUT2D eigenvalue weighted by Gasteiger charge is 2.28. The molecule has 0 saturated carbocycles. The summed E-state index contributed by atoms with van der Waals surface area (Å²) in [6, 6.07) is 8.85. The lowest BCUT2D eigenvalue weighted by Gasteiger charge is -2.34. The molecule has 0 atom stereocenters. The number of rotatable bonds is 6. The number of nitrogens with zero attached hydrogens (tertiary/aromatic N) is 6. The largest absolute Gasteiger partial charge is 0.464 e. The summed E-state index contributed by atoms with van der Waals surface area (Å²) in [7, 11) is 1.34. The van der Waals surface area contributed by atoms with Gasteiger partial charge in [-0.15, -0.1) is 0 Å². The van der Waals surface area contributed by atoms with Crippen LogP contribution in [-0.4, -0.2) is 78.4 Å². The number of carbonyl (C=O) groups excluding carboxylic acids is 2. The Morgan fingerprint density at radius 2 is 1.79 bits per heavy atom. The lowest BCUT2D eigenvalue weighted by atomic mass is 10.0. The number of carbonyl (C=O) groups is 2. The van der Waals surface area contributed by atoms with E-state index < -0.39 is 5.97 Å². The van der Waals surface area contributed by atoms with E-state index in [1.54, 1.807) is 6.07 Å². The minimum absolute atomic E-state index is 0.226. The fraction of sp³-hybridized carbons (Fsp3) is 0.407. The number of ether oxygens (including phenoxy) is 2. The number of nitrogens with one attached hydrogen (secondary N) is 2. The van der Waals surface area contributed by atoms with Gasteiger partial charge in [-0.3, -0.25) is 0 Å². The molecule has 4 heterocycles. The van der Waals surface area contributed by atoms with Crippen LogP contribution in [0.2, 0.25) is 0 Å². The molecule has 1 fully saturated rings. The van der Waals surface area contributed by atoms with Crippen LogP contribution in [0.4, 0.5) is 22.2 Å². The minimum Gasteiger partial charge on any atom is -0.464 e. The normalized spacial score (nSPS) is 14.9. The second kappa shape index (κ2) is 11.6. The molecule has 1 saturated heterocycles. The number of hydrogen-bond acceptors (Lipinski definition) is 10. The molecule has 2 amide bonds. The van der Waals surface area contributed by atoms with Crippen LogP contribution in [0.3, 0.4) is 0 Å². The quantitative estimate of drug-likeness (QED) is 0.456. The third-order valence-electron chi connectivity index (χ3n) is 6.61. The maximum Gasteiger partial charge on any atom is 0.356 e. The third kappa shape index (κ3) is 5.90. The summed E-state index contributed by atoms with van der Waals surface area (Å²) in [4.78, 5) is 47.4. The molecule has 12 nitrogen and oxygen atoms in total. The average Bonchev–Trinajstić information content (AvgIpc) is 2.96. The zero-order valence-electron chi connectivity index (χ0n) is 22.4. The number of urea groups is 1. The van der Waals surface area contributed by atoms with E-state index in [1.165, 1.54) is 7.11 Å². The summed E-state index contributed by atoms with van der Waals surface area (Å²) in [5.74, 6) is 1.49. The van der Waals surface area contributed by atoms with Crippen LogP contribution < -0.4 is 20.4 Å². The molecular weight excluding hydrogens is 500 g/mol. The molecule has 0 spiro atoms. The zero-order chi connectivity index (χ0) is 27.4. The first-order chi connectivity index (χ1) is 18.9. The van der Waals surface area contributed by atoms with Gasteiger partial charge in [0, 0.05) is 48.7 Å². The molecule has 12 heteroatoms. The second-order valence-electron chi connectivity index (χ2n) is 9.31. The van der Waals surface area contributed by atoms with Gasteiger partial charge in [0.05, 0.1) is 32.6 Å². The molecule has 0 aliphatic carbocycles. The Balaban J connectivity index is 1.48. The second-order valence-corrected chi connectivity index (χ2v) is 9.31. The highest BCUT2D eigenvalue weighted by Crippen LogP contribution is 2.31. The van der Waals surface area contributed by atoms with Crippen molar-refractivity contribution in [3.05, 3.63) is 53.0 Å². The number of esters is 1. The van der Waals surface area contributed by atoms with Gasteiger partial charge in [-0.2, -0.15) is 0 Å². The van der Waals surface area contributed by atoms with Gasteiger partial charge in [-0.25, -0.2) is 29.5 Å². The van der Waals surface area contributed by atoms with Crippen molar-refractivity contribution in [3.8, 4) is 11.4 Å². The van der Waals surface area contributed by atoms with E-state index in [9.17, 15) is 9.59 Å². The van der Waals surface area contributed by atoms with Gasteiger partial charge in [-0.1, -0.05) is 0 Å². The van der Waals surface area contributed by atoms with Crippen LogP contribution in [0.25, 0.3) is 11.4 Å². The van der Waals surface area contributed by atoms with Crippen molar-refractivity contribution in [3.63, 3.8) is 0 Å². The predicted octanol–water partition coefficient (Wildman–Crippen LogP) is 2.57. The van der Waals surface area contributed by atoms with E-state index in [4.69, 9.17) is 19.4 Å². The average molecular weight is 533 g/mol. The Kier molecular flexibility index (Phi) is 7.82. The van der Waals surface area contributed by atoms with Crippen molar-refractivity contribution in [1.82, 2.24) is 25.3 Å². The maximum atomic E-state index is 12.1. The van der Waals surface area contributed by atoms with Crippen LogP contribution in [0.1, 0.15) is 34.4 Å². The number of aryl methyl sites for hydroxylation is 1. The molecule has 0 radical (unpaired) electrons. The summed E-state index contributed by atoms with van der Waals surface area (Å²) in [5.41, 5.74) is 4.43. The van der Waals surface area contributed by atoms with Crippen LogP contribution in [-0.2, 0) is 22.4 Å². The van der Waals surface area contributed by atoms with Crippen LogP contribution in [0, 0.1) is 6.92 Å². The highest BCUT2D eigenvalue weighted by atomic mass is 16.5. The van der Waals surface area contributed by atoms with E-state index >= 15 is 0 Å². The van der Waals surface area contributed by atoms with Crippen molar-refractivity contribution in [2.24, 2.45) is 0 Å². The summed E-state index contributed by atoms with van der Waals surface area (Å²) >= 11 is 0. The van der Waals surface area contributed by atoms with Crippen molar-refractivity contribution < 1.29 is 19.1 Å². The Bertz CT molecular complexity index is 1360. The van der Waals surface area contributed by atoms with E-state index in [0.717, 1.165) is 35.7 Å². The number of hydrogen-bond donors (Lipinski definition) is 2. The van der Waals surface area contributed by atoms with Crippen molar-refractivity contribution >= 4 is 29.5 Å². The summed E-state index contributed by atoms with van der Waals surface area (Å²) in [5, 5.41) is 5.53. The van der Waals surface area contributed by atoms with E-state index in [0.29, 0.717) is 62.4 Å². The molecule has 5 rings (SSSR count). The topological polar surface area (TPSA) is 135 Å². The third-order valence-corrected chi connectivity index (χ3v) is 6.61. The number of amides is 2. The van der Waals surface area contributed by atoms with Gasteiger partial charge < -0.3 is 29.9 Å². The molecule has 0 bridgehead atoms. The molecule has 1 aromatic carbocycles. The number of methoxy groups -OCH3 is 1. The Hall–Kier alpha value is -4.32.